The molecule has 0 radical (unpaired) electrons. The van der Waals surface area contributed by atoms with Crippen LogP contribution in [0.25, 0.3) is 0 Å². The number of nitrogens with one attached hydrogen (secondary N) is 3. The zero-order chi connectivity index (χ0) is 58.0. The molecule has 4 atom stereocenters. The van der Waals surface area contributed by atoms with E-state index in [4.69, 9.17) is 21.9 Å². The van der Waals surface area contributed by atoms with E-state index in [2.05, 4.69) is 22.5 Å². The molecule has 19 heteroatoms. The highest BCUT2D eigenvalue weighted by molar-refractivity contribution is 5.87. The lowest BCUT2D eigenvalue weighted by Gasteiger charge is -2.32. The molecule has 0 aliphatic rings. The van der Waals surface area contributed by atoms with Crippen LogP contribution in [0.5, 0.6) is 0 Å². The molecule has 9 N–H and O–H groups in total. The number of carbonyl (C=O) groups is 8. The van der Waals surface area contributed by atoms with Crippen LogP contribution in [0.3, 0.4) is 0 Å². The summed E-state index contributed by atoms with van der Waals surface area (Å²) >= 11 is 0. The Bertz CT molecular complexity index is 2130. The van der Waals surface area contributed by atoms with Gasteiger partial charge in [-0.1, -0.05) is 128 Å². The SMILES string of the molecule is C=CCOC(=O)N(CC(=O)N[C@@H](Cc1ccccc1)CN(CC(=O)N[C@@H](CCCCN)CN(CC(=O)N[C@@H](CC(C)C)CN(CC(C)=O)C(=O)CC(C)C)C(=O)CC(C)C)C(=O)CCc1ccccc1)C[C@@H](N)CCCCN. The maximum absolute atomic E-state index is 14.5. The van der Waals surface area contributed by atoms with Crippen molar-refractivity contribution in [3.8, 4) is 0 Å². The van der Waals surface area contributed by atoms with Gasteiger partial charge in [-0.15, -0.1) is 0 Å². The highest BCUT2D eigenvalue weighted by Gasteiger charge is 2.30. The number of unbranched alkanes of at least 4 members (excludes halogenated alkanes) is 2. The van der Waals surface area contributed by atoms with Gasteiger partial charge in [-0.05, 0) is 93.8 Å². The third-order valence-electron chi connectivity index (χ3n) is 12.7. The Labute approximate surface area is 465 Å². The number of nitrogens with zero attached hydrogens (tertiary/aromatic N) is 4. The molecule has 0 fully saturated rings. The minimum atomic E-state index is -0.738. The summed E-state index contributed by atoms with van der Waals surface area (Å²) in [6.45, 7) is 16.4. The van der Waals surface area contributed by atoms with E-state index in [1.54, 1.807) is 0 Å². The standard InChI is InChI=1S/C59H96N10O9/c1-9-30-78-59(77)69(36-49(62)24-16-18-28-60)42-55(73)65-52(34-48-22-14-11-15-23-48)39-67(56(74)27-26-47-20-12-10-13-21-47)40-53(71)63-50(25-17-19-29-61)37-68(58(76)33-45(6)7)41-54(72)64-51(31-43(2)3)38-66(35-46(8)70)57(75)32-44(4)5/h9-15,20-23,43-45,49-52H,1,16-19,24-42,60-62H2,2-8H3,(H,63,71)(H,64,72)(H,65,73)/t49-,50-,51-,52-/m0/s1. The van der Waals surface area contributed by atoms with Gasteiger partial charge in [0, 0.05) is 63.6 Å². The van der Waals surface area contributed by atoms with Crippen molar-refractivity contribution in [2.45, 2.75) is 150 Å². The van der Waals surface area contributed by atoms with Crippen LogP contribution < -0.4 is 33.2 Å². The minimum absolute atomic E-state index is 0.0233. The summed E-state index contributed by atoms with van der Waals surface area (Å²) in [5.41, 5.74) is 19.8. The smallest absolute Gasteiger partial charge is 0.410 e. The third kappa shape index (κ3) is 30.1. The number of hydrogen-bond acceptors (Lipinski definition) is 12. The number of aryl methyl sites for hydroxylation is 1. The van der Waals surface area contributed by atoms with Crippen molar-refractivity contribution in [1.82, 2.24) is 35.6 Å². The number of rotatable bonds is 40. The molecule has 436 valence electrons. The molecule has 0 saturated heterocycles. The number of ketones is 1. The van der Waals surface area contributed by atoms with Crippen molar-refractivity contribution in [3.63, 3.8) is 0 Å². The van der Waals surface area contributed by atoms with E-state index in [0.29, 0.717) is 51.6 Å². The molecule has 0 saturated carbocycles. The summed E-state index contributed by atoms with van der Waals surface area (Å²) in [6, 6.07) is 16.5. The van der Waals surface area contributed by atoms with Crippen molar-refractivity contribution in [2.75, 3.05) is 72.1 Å². The maximum atomic E-state index is 14.5. The molecule has 2 rings (SSSR count). The van der Waals surface area contributed by atoms with E-state index in [0.717, 1.165) is 24.0 Å². The first-order valence-corrected chi connectivity index (χ1v) is 28.1. The van der Waals surface area contributed by atoms with Crippen LogP contribution in [0.15, 0.2) is 73.3 Å². The van der Waals surface area contributed by atoms with Gasteiger partial charge in [0.2, 0.25) is 35.4 Å². The van der Waals surface area contributed by atoms with Crippen LogP contribution in [0, 0.1) is 17.8 Å². The molecule has 0 aliphatic heterocycles. The van der Waals surface area contributed by atoms with E-state index in [1.807, 2.05) is 102 Å². The summed E-state index contributed by atoms with van der Waals surface area (Å²) in [5, 5.41) is 9.21. The lowest BCUT2D eigenvalue weighted by atomic mass is 10.0. The number of nitrogens with two attached hydrogens (primary N) is 3. The average Bonchev–Trinajstić information content (AvgIpc) is 3.36. The Kier molecular flexibility index (Phi) is 33.4. The quantitative estimate of drug-likeness (QED) is 0.0390. The van der Waals surface area contributed by atoms with E-state index < -0.39 is 61.1 Å². The Morgan fingerprint density at radius 3 is 1.54 bits per heavy atom. The Morgan fingerprint density at radius 1 is 0.564 bits per heavy atom. The molecule has 0 aliphatic carbocycles. The first-order chi connectivity index (χ1) is 37.1. The Morgan fingerprint density at radius 2 is 1.03 bits per heavy atom. The molecule has 0 aromatic heterocycles. The van der Waals surface area contributed by atoms with Crippen molar-refractivity contribution >= 4 is 47.3 Å². The zero-order valence-corrected chi connectivity index (χ0v) is 48.1. The first kappa shape index (κ1) is 67.9. The number of hydrogen-bond donors (Lipinski definition) is 6. The number of amides is 7. The molecule has 2 aromatic carbocycles. The predicted octanol–water partition coefficient (Wildman–Crippen LogP) is 4.74. The summed E-state index contributed by atoms with van der Waals surface area (Å²) in [5.74, 6) is -2.34. The van der Waals surface area contributed by atoms with Gasteiger partial charge in [0.25, 0.3) is 0 Å². The van der Waals surface area contributed by atoms with Gasteiger partial charge in [-0.2, -0.15) is 0 Å². The zero-order valence-electron chi connectivity index (χ0n) is 48.1. The number of benzene rings is 2. The second-order valence-electron chi connectivity index (χ2n) is 21.9. The van der Waals surface area contributed by atoms with Gasteiger partial charge in [-0.25, -0.2) is 4.79 Å². The van der Waals surface area contributed by atoms with Crippen molar-refractivity contribution in [2.24, 2.45) is 35.0 Å². The summed E-state index contributed by atoms with van der Waals surface area (Å²) < 4.78 is 5.33. The molecular weight excluding hydrogens is 993 g/mol. The fourth-order valence-corrected chi connectivity index (χ4v) is 9.08. The highest BCUT2D eigenvalue weighted by atomic mass is 16.6. The normalized spacial score (nSPS) is 12.7. The van der Waals surface area contributed by atoms with Crippen LogP contribution in [-0.2, 0) is 51.1 Å². The van der Waals surface area contributed by atoms with Crippen LogP contribution >= 0.6 is 0 Å². The van der Waals surface area contributed by atoms with Gasteiger partial charge in [-0.3, -0.25) is 38.5 Å². The second kappa shape index (κ2) is 38.4. The lowest BCUT2D eigenvalue weighted by Crippen LogP contribution is -2.54. The summed E-state index contributed by atoms with van der Waals surface area (Å²) in [6.07, 6.45) is 5.99. The molecule has 0 bridgehead atoms. The Hall–Kier alpha value is -6.18. The van der Waals surface area contributed by atoms with Gasteiger partial charge < -0.3 is 52.6 Å². The molecule has 78 heavy (non-hydrogen) atoms. The molecule has 7 amide bonds. The van der Waals surface area contributed by atoms with E-state index >= 15 is 0 Å². The van der Waals surface area contributed by atoms with Gasteiger partial charge in [0.05, 0.1) is 25.7 Å². The summed E-state index contributed by atoms with van der Waals surface area (Å²) in [7, 11) is 0. The van der Waals surface area contributed by atoms with E-state index in [-0.39, 0.29) is 113 Å². The van der Waals surface area contributed by atoms with E-state index in [9.17, 15) is 38.4 Å². The third-order valence-corrected chi connectivity index (χ3v) is 12.7. The van der Waals surface area contributed by atoms with Crippen LogP contribution in [0.4, 0.5) is 4.79 Å². The second-order valence-corrected chi connectivity index (χ2v) is 21.9. The fourth-order valence-electron chi connectivity index (χ4n) is 9.08. The monoisotopic (exact) mass is 1090 g/mol. The van der Waals surface area contributed by atoms with Crippen molar-refractivity contribution in [1.29, 1.82) is 0 Å². The molecular formula is C59H96N10O9. The molecule has 0 unspecified atom stereocenters. The van der Waals surface area contributed by atoms with Crippen molar-refractivity contribution in [3.05, 3.63) is 84.4 Å². The van der Waals surface area contributed by atoms with Crippen LogP contribution in [0.1, 0.15) is 124 Å². The van der Waals surface area contributed by atoms with Crippen molar-refractivity contribution < 1.29 is 43.1 Å². The fraction of sp³-hybridized carbons (Fsp3) is 0.627. The highest BCUT2D eigenvalue weighted by Crippen LogP contribution is 2.15. The van der Waals surface area contributed by atoms with Crippen LogP contribution in [0.2, 0.25) is 0 Å². The number of ether oxygens (including phenoxy) is 1. The predicted molar refractivity (Wildman–Crippen MR) is 306 cm³/mol. The molecule has 19 nitrogen and oxygen atoms in total. The first-order valence-electron chi connectivity index (χ1n) is 28.1. The van der Waals surface area contributed by atoms with E-state index in [1.165, 1.54) is 32.6 Å². The van der Waals surface area contributed by atoms with Crippen LogP contribution in [-0.4, -0.2) is 163 Å². The maximum Gasteiger partial charge on any atom is 0.410 e. The Balaban J connectivity index is 2.53. The minimum Gasteiger partial charge on any atom is -0.445 e. The van der Waals surface area contributed by atoms with Gasteiger partial charge in [0.15, 0.2) is 0 Å². The topological polar surface area (TPSA) is 273 Å². The number of carbonyl (C=O) groups excluding carboxylic acids is 8. The molecule has 2 aromatic rings. The molecule has 0 heterocycles. The largest absolute Gasteiger partial charge is 0.445 e. The number of Topliss-reactive ketones (excluding diaryl/α,β-unsaturated/α-hetero) is 1. The summed E-state index contributed by atoms with van der Waals surface area (Å²) in [4.78, 5) is 116. The van der Waals surface area contributed by atoms with Gasteiger partial charge >= 0.3 is 6.09 Å². The lowest BCUT2D eigenvalue weighted by molar-refractivity contribution is -0.139. The molecule has 0 spiro atoms. The van der Waals surface area contributed by atoms with Gasteiger partial charge in [0.1, 0.15) is 18.9 Å². The average molecular weight is 1090 g/mol.